The second kappa shape index (κ2) is 6.17. The number of ether oxygens (including phenoxy) is 1. The molecule has 3 N–H and O–H groups in total. The van der Waals surface area contributed by atoms with Crippen molar-refractivity contribution < 1.29 is 9.53 Å². The fraction of sp³-hybridized carbons (Fsp3) is 0.533. The first-order valence-electron chi connectivity index (χ1n) is 6.83. The Hall–Kier alpha value is -1.39. The second-order valence-corrected chi connectivity index (χ2v) is 5.15. The third kappa shape index (κ3) is 3.33. The van der Waals surface area contributed by atoms with Gasteiger partial charge in [-0.05, 0) is 37.8 Å². The van der Waals surface area contributed by atoms with Crippen molar-refractivity contribution in [1.82, 2.24) is 5.32 Å². The predicted octanol–water partition coefficient (Wildman–Crippen LogP) is 1.68. The van der Waals surface area contributed by atoms with Gasteiger partial charge in [-0.25, -0.2) is 0 Å². The lowest BCUT2D eigenvalue weighted by Crippen LogP contribution is -2.37. The molecule has 0 radical (unpaired) electrons. The van der Waals surface area contributed by atoms with Gasteiger partial charge in [-0.3, -0.25) is 4.79 Å². The number of hydrogen-bond donors (Lipinski definition) is 2. The van der Waals surface area contributed by atoms with Crippen LogP contribution in [-0.2, 0) is 9.53 Å². The Morgan fingerprint density at radius 1 is 1.47 bits per heavy atom. The van der Waals surface area contributed by atoms with Crippen molar-refractivity contribution in [2.24, 2.45) is 5.73 Å². The molecule has 1 saturated heterocycles. The molecule has 104 valence electrons. The maximum Gasteiger partial charge on any atom is 0.249 e. The van der Waals surface area contributed by atoms with Crippen molar-refractivity contribution in [2.45, 2.75) is 44.9 Å². The summed E-state index contributed by atoms with van der Waals surface area (Å²) < 4.78 is 5.60. The predicted molar refractivity (Wildman–Crippen MR) is 74.7 cm³/mol. The van der Waals surface area contributed by atoms with Gasteiger partial charge in [-0.1, -0.05) is 24.3 Å². The summed E-state index contributed by atoms with van der Waals surface area (Å²) in [5.41, 5.74) is 7.88. The van der Waals surface area contributed by atoms with Crippen molar-refractivity contribution in [2.75, 3.05) is 6.54 Å². The number of amides is 1. The zero-order valence-corrected chi connectivity index (χ0v) is 11.6. The van der Waals surface area contributed by atoms with E-state index in [9.17, 15) is 4.79 Å². The molecule has 4 nitrogen and oxygen atoms in total. The summed E-state index contributed by atoms with van der Waals surface area (Å²) >= 11 is 0. The van der Waals surface area contributed by atoms with Gasteiger partial charge in [0, 0.05) is 6.54 Å². The van der Waals surface area contributed by atoms with Gasteiger partial charge in [0.2, 0.25) is 5.91 Å². The van der Waals surface area contributed by atoms with Gasteiger partial charge in [0.15, 0.2) is 0 Å². The molecule has 0 aromatic heterocycles. The van der Waals surface area contributed by atoms with E-state index in [1.54, 1.807) is 0 Å². The van der Waals surface area contributed by atoms with Gasteiger partial charge in [0.05, 0.1) is 12.1 Å². The van der Waals surface area contributed by atoms with Crippen LogP contribution in [0.15, 0.2) is 24.3 Å². The molecule has 1 aliphatic rings. The van der Waals surface area contributed by atoms with Crippen LogP contribution in [0.1, 0.15) is 36.9 Å². The summed E-state index contributed by atoms with van der Waals surface area (Å²) in [5, 5.41) is 3.02. The largest absolute Gasteiger partial charge is 0.364 e. The lowest BCUT2D eigenvalue weighted by molar-refractivity contribution is -0.132. The number of nitrogens with one attached hydrogen (secondary N) is 1. The third-order valence-electron chi connectivity index (χ3n) is 3.68. The van der Waals surface area contributed by atoms with E-state index < -0.39 is 0 Å². The molecule has 1 aromatic rings. The molecule has 4 heteroatoms. The first-order chi connectivity index (χ1) is 9.11. The highest BCUT2D eigenvalue weighted by Crippen LogP contribution is 2.21. The second-order valence-electron chi connectivity index (χ2n) is 5.15. The third-order valence-corrected chi connectivity index (χ3v) is 3.68. The summed E-state index contributed by atoms with van der Waals surface area (Å²) in [7, 11) is 0. The molecule has 1 aromatic carbocycles. The highest BCUT2D eigenvalue weighted by molar-refractivity contribution is 5.81. The van der Waals surface area contributed by atoms with Crippen molar-refractivity contribution in [1.29, 1.82) is 0 Å². The standard InChI is InChI=1S/C15H22N2O2/c1-10-5-3-4-6-13(10)11(2)17-15(18)14-8-7-12(9-16)19-14/h3-6,11-12,14H,7-9,16H2,1-2H3,(H,17,18)/t11-,12?,14?/m0/s1. The highest BCUT2D eigenvalue weighted by atomic mass is 16.5. The van der Waals surface area contributed by atoms with Crippen molar-refractivity contribution in [3.8, 4) is 0 Å². The Kier molecular flexibility index (Phi) is 4.56. The highest BCUT2D eigenvalue weighted by Gasteiger charge is 2.30. The van der Waals surface area contributed by atoms with E-state index in [2.05, 4.69) is 18.3 Å². The van der Waals surface area contributed by atoms with Crippen LogP contribution in [0, 0.1) is 6.92 Å². The summed E-state index contributed by atoms with van der Waals surface area (Å²) in [6, 6.07) is 8.07. The van der Waals surface area contributed by atoms with Crippen molar-refractivity contribution in [3.05, 3.63) is 35.4 Å². The first-order valence-corrected chi connectivity index (χ1v) is 6.83. The van der Waals surface area contributed by atoms with E-state index in [0.29, 0.717) is 6.54 Å². The van der Waals surface area contributed by atoms with E-state index in [0.717, 1.165) is 18.4 Å². The zero-order chi connectivity index (χ0) is 13.8. The Morgan fingerprint density at radius 3 is 2.84 bits per heavy atom. The van der Waals surface area contributed by atoms with E-state index in [-0.39, 0.29) is 24.2 Å². The van der Waals surface area contributed by atoms with E-state index in [1.807, 2.05) is 25.1 Å². The molecule has 1 heterocycles. The molecule has 0 spiro atoms. The van der Waals surface area contributed by atoms with Crippen molar-refractivity contribution >= 4 is 5.91 Å². The molecule has 0 saturated carbocycles. The van der Waals surface area contributed by atoms with Crippen LogP contribution in [0.4, 0.5) is 0 Å². The van der Waals surface area contributed by atoms with Gasteiger partial charge in [0.1, 0.15) is 6.10 Å². The van der Waals surface area contributed by atoms with Crippen LogP contribution in [-0.4, -0.2) is 24.7 Å². The van der Waals surface area contributed by atoms with Crippen LogP contribution in [0.5, 0.6) is 0 Å². The van der Waals surface area contributed by atoms with E-state index in [1.165, 1.54) is 5.56 Å². The number of nitrogens with two attached hydrogens (primary N) is 1. The molecule has 1 amide bonds. The lowest BCUT2D eigenvalue weighted by atomic mass is 10.0. The summed E-state index contributed by atoms with van der Waals surface area (Å²) in [5.74, 6) is -0.0355. The number of carbonyl (C=O) groups excluding carboxylic acids is 1. The minimum Gasteiger partial charge on any atom is -0.364 e. The number of rotatable bonds is 4. The minimum absolute atomic E-state index is 0.00535. The van der Waals surface area contributed by atoms with Gasteiger partial charge in [-0.2, -0.15) is 0 Å². The van der Waals surface area contributed by atoms with Gasteiger partial charge in [0.25, 0.3) is 0 Å². The fourth-order valence-electron chi connectivity index (χ4n) is 2.53. The number of hydrogen-bond acceptors (Lipinski definition) is 3. The normalized spacial score (nSPS) is 24.2. The minimum atomic E-state index is -0.347. The Morgan fingerprint density at radius 2 is 2.21 bits per heavy atom. The fourth-order valence-corrected chi connectivity index (χ4v) is 2.53. The Labute approximate surface area is 114 Å². The topological polar surface area (TPSA) is 64.4 Å². The Balaban J connectivity index is 1.94. The summed E-state index contributed by atoms with van der Waals surface area (Å²) in [6.45, 7) is 4.53. The van der Waals surface area contributed by atoms with Gasteiger partial charge < -0.3 is 15.8 Å². The molecule has 0 aliphatic carbocycles. The number of aryl methyl sites for hydroxylation is 1. The van der Waals surface area contributed by atoms with Crippen LogP contribution in [0.2, 0.25) is 0 Å². The van der Waals surface area contributed by atoms with Crippen LogP contribution < -0.4 is 11.1 Å². The van der Waals surface area contributed by atoms with E-state index >= 15 is 0 Å². The SMILES string of the molecule is Cc1ccccc1[C@H](C)NC(=O)C1CCC(CN)O1. The molecule has 1 fully saturated rings. The van der Waals surface area contributed by atoms with Crippen LogP contribution in [0.25, 0.3) is 0 Å². The molecule has 19 heavy (non-hydrogen) atoms. The van der Waals surface area contributed by atoms with Crippen LogP contribution in [0.3, 0.4) is 0 Å². The zero-order valence-electron chi connectivity index (χ0n) is 11.6. The maximum atomic E-state index is 12.1. The van der Waals surface area contributed by atoms with Crippen molar-refractivity contribution in [3.63, 3.8) is 0 Å². The van der Waals surface area contributed by atoms with E-state index in [4.69, 9.17) is 10.5 Å². The smallest absolute Gasteiger partial charge is 0.249 e. The molecular weight excluding hydrogens is 240 g/mol. The Bertz CT molecular complexity index is 448. The molecule has 2 rings (SSSR count). The first kappa shape index (κ1) is 14.0. The lowest BCUT2D eigenvalue weighted by Gasteiger charge is -2.19. The average Bonchev–Trinajstić information content (AvgIpc) is 2.88. The monoisotopic (exact) mass is 262 g/mol. The van der Waals surface area contributed by atoms with Crippen LogP contribution >= 0.6 is 0 Å². The number of benzene rings is 1. The quantitative estimate of drug-likeness (QED) is 0.867. The molecule has 3 atom stereocenters. The number of carbonyl (C=O) groups is 1. The molecular formula is C15H22N2O2. The maximum absolute atomic E-state index is 12.1. The molecule has 0 bridgehead atoms. The summed E-state index contributed by atoms with van der Waals surface area (Å²) in [4.78, 5) is 12.1. The van der Waals surface area contributed by atoms with Gasteiger partial charge in [-0.15, -0.1) is 0 Å². The summed E-state index contributed by atoms with van der Waals surface area (Å²) in [6.07, 6.45) is 1.31. The average molecular weight is 262 g/mol. The molecule has 1 aliphatic heterocycles. The van der Waals surface area contributed by atoms with Gasteiger partial charge >= 0.3 is 0 Å². The molecule has 2 unspecified atom stereocenters.